The van der Waals surface area contributed by atoms with Gasteiger partial charge in [0.05, 0.1) is 6.10 Å². The van der Waals surface area contributed by atoms with Crippen molar-refractivity contribution in [3.63, 3.8) is 0 Å². The van der Waals surface area contributed by atoms with Gasteiger partial charge in [-0.2, -0.15) is 0 Å². The summed E-state index contributed by atoms with van der Waals surface area (Å²) in [6.45, 7) is 6.81. The molecule has 2 rings (SSSR count). The van der Waals surface area contributed by atoms with Gasteiger partial charge >= 0.3 is 0 Å². The standard InChI is InChI=1S/C20H24ClNO/c1-3-22(4-2)15-20(23)18-11-7-16(8-12-18)5-6-17-9-13-19(21)14-10-17/h5-14,20,23H,3-4,15H2,1-2H3/b6-5+/t20-/m1/s1. The molecule has 0 radical (unpaired) electrons. The SMILES string of the molecule is CCN(CC)C[C@@H](O)c1ccc(/C=C/c2ccc(Cl)cc2)cc1. The van der Waals surface area contributed by atoms with E-state index in [4.69, 9.17) is 11.6 Å². The molecule has 0 aliphatic carbocycles. The number of nitrogens with zero attached hydrogens (tertiary/aromatic N) is 1. The molecule has 0 fully saturated rings. The average Bonchev–Trinajstić information content (AvgIpc) is 2.59. The topological polar surface area (TPSA) is 23.5 Å². The van der Waals surface area contributed by atoms with E-state index in [1.54, 1.807) is 0 Å². The van der Waals surface area contributed by atoms with Gasteiger partial charge in [0.15, 0.2) is 0 Å². The molecule has 0 aromatic heterocycles. The maximum Gasteiger partial charge on any atom is 0.0916 e. The van der Waals surface area contributed by atoms with Gasteiger partial charge in [0.25, 0.3) is 0 Å². The van der Waals surface area contributed by atoms with Gasteiger partial charge in [-0.3, -0.25) is 0 Å². The number of aliphatic hydroxyl groups excluding tert-OH is 1. The van der Waals surface area contributed by atoms with Crippen LogP contribution in [0.15, 0.2) is 48.5 Å². The summed E-state index contributed by atoms with van der Waals surface area (Å²) in [5.41, 5.74) is 3.18. The van der Waals surface area contributed by atoms with Gasteiger partial charge in [-0.05, 0) is 41.9 Å². The second-order valence-corrected chi connectivity index (χ2v) is 5.99. The van der Waals surface area contributed by atoms with Crippen molar-refractivity contribution in [2.24, 2.45) is 0 Å². The van der Waals surface area contributed by atoms with Crippen LogP contribution in [0.1, 0.15) is 36.6 Å². The number of halogens is 1. The Balaban J connectivity index is 2.00. The molecule has 2 aromatic carbocycles. The predicted octanol–water partition coefficient (Wildman–Crippen LogP) is 4.89. The van der Waals surface area contributed by atoms with Crippen molar-refractivity contribution in [1.29, 1.82) is 0 Å². The molecule has 0 unspecified atom stereocenters. The quantitative estimate of drug-likeness (QED) is 0.731. The van der Waals surface area contributed by atoms with E-state index >= 15 is 0 Å². The molecular weight excluding hydrogens is 306 g/mol. The first-order valence-corrected chi connectivity index (χ1v) is 8.44. The lowest BCUT2D eigenvalue weighted by molar-refractivity contribution is 0.119. The van der Waals surface area contributed by atoms with Crippen LogP contribution in [-0.2, 0) is 0 Å². The lowest BCUT2D eigenvalue weighted by Crippen LogP contribution is -2.28. The first kappa shape index (κ1) is 17.7. The minimum atomic E-state index is -0.441. The Labute approximate surface area is 144 Å². The first-order valence-electron chi connectivity index (χ1n) is 8.06. The summed E-state index contributed by atoms with van der Waals surface area (Å²) >= 11 is 5.88. The molecular formula is C20H24ClNO. The summed E-state index contributed by atoms with van der Waals surface area (Å²) in [4.78, 5) is 2.22. The molecule has 0 amide bonds. The molecule has 3 heteroatoms. The van der Waals surface area contributed by atoms with Gasteiger partial charge in [0, 0.05) is 11.6 Å². The second kappa shape index (κ2) is 8.88. The van der Waals surface area contributed by atoms with Crippen LogP contribution in [0.4, 0.5) is 0 Å². The van der Waals surface area contributed by atoms with Crippen LogP contribution < -0.4 is 0 Å². The van der Waals surface area contributed by atoms with Crippen molar-refractivity contribution < 1.29 is 5.11 Å². The molecule has 0 saturated carbocycles. The molecule has 0 aliphatic rings. The Morgan fingerprint density at radius 1 is 0.913 bits per heavy atom. The summed E-state index contributed by atoms with van der Waals surface area (Å²) in [7, 11) is 0. The van der Waals surface area contributed by atoms with Crippen LogP contribution in [0.5, 0.6) is 0 Å². The van der Waals surface area contributed by atoms with E-state index in [1.807, 2.05) is 48.5 Å². The average molecular weight is 330 g/mol. The summed E-state index contributed by atoms with van der Waals surface area (Å²) < 4.78 is 0. The Hall–Kier alpha value is -1.61. The zero-order chi connectivity index (χ0) is 16.7. The van der Waals surface area contributed by atoms with Crippen LogP contribution in [0.2, 0.25) is 5.02 Å². The van der Waals surface area contributed by atoms with E-state index in [2.05, 4.69) is 30.9 Å². The number of hydrogen-bond donors (Lipinski definition) is 1. The molecule has 1 atom stereocenters. The minimum Gasteiger partial charge on any atom is -0.387 e. The number of aliphatic hydroxyl groups is 1. The monoisotopic (exact) mass is 329 g/mol. The number of hydrogen-bond acceptors (Lipinski definition) is 2. The molecule has 0 aliphatic heterocycles. The van der Waals surface area contributed by atoms with Gasteiger partial charge in [-0.15, -0.1) is 0 Å². The molecule has 2 aromatic rings. The molecule has 0 spiro atoms. The second-order valence-electron chi connectivity index (χ2n) is 5.55. The molecule has 1 N–H and O–H groups in total. The predicted molar refractivity (Wildman–Crippen MR) is 99.6 cm³/mol. The molecule has 0 bridgehead atoms. The molecule has 122 valence electrons. The lowest BCUT2D eigenvalue weighted by atomic mass is 10.1. The third-order valence-corrected chi connectivity index (χ3v) is 4.24. The minimum absolute atomic E-state index is 0.441. The van der Waals surface area contributed by atoms with Gasteiger partial charge in [0.1, 0.15) is 0 Å². The third-order valence-electron chi connectivity index (χ3n) is 3.99. The summed E-state index contributed by atoms with van der Waals surface area (Å²) in [5, 5.41) is 11.0. The highest BCUT2D eigenvalue weighted by molar-refractivity contribution is 6.30. The summed E-state index contributed by atoms with van der Waals surface area (Å²) in [5.74, 6) is 0. The Morgan fingerprint density at radius 3 is 1.87 bits per heavy atom. The lowest BCUT2D eigenvalue weighted by Gasteiger charge is -2.22. The van der Waals surface area contributed by atoms with Crippen molar-refractivity contribution in [2.45, 2.75) is 20.0 Å². The highest BCUT2D eigenvalue weighted by Gasteiger charge is 2.10. The van der Waals surface area contributed by atoms with Crippen molar-refractivity contribution in [3.8, 4) is 0 Å². The van der Waals surface area contributed by atoms with E-state index in [1.165, 1.54) is 0 Å². The largest absolute Gasteiger partial charge is 0.387 e. The maximum atomic E-state index is 10.3. The molecule has 0 saturated heterocycles. The van der Waals surface area contributed by atoms with Crippen molar-refractivity contribution in [2.75, 3.05) is 19.6 Å². The van der Waals surface area contributed by atoms with Crippen LogP contribution >= 0.6 is 11.6 Å². The van der Waals surface area contributed by atoms with Gasteiger partial charge in [-0.25, -0.2) is 0 Å². The van der Waals surface area contributed by atoms with Crippen LogP contribution in [0.3, 0.4) is 0 Å². The van der Waals surface area contributed by atoms with Gasteiger partial charge < -0.3 is 10.0 Å². The zero-order valence-electron chi connectivity index (χ0n) is 13.7. The van der Waals surface area contributed by atoms with Crippen molar-refractivity contribution in [3.05, 3.63) is 70.2 Å². The van der Waals surface area contributed by atoms with E-state index in [0.717, 1.165) is 34.8 Å². The maximum absolute atomic E-state index is 10.3. The normalized spacial score (nSPS) is 12.9. The number of likely N-dealkylation sites (N-methyl/N-ethyl adjacent to an activating group) is 1. The van der Waals surface area contributed by atoms with Crippen molar-refractivity contribution >= 4 is 23.8 Å². The third kappa shape index (κ3) is 5.51. The van der Waals surface area contributed by atoms with Crippen LogP contribution in [0, 0.1) is 0 Å². The number of rotatable bonds is 7. The summed E-state index contributed by atoms with van der Waals surface area (Å²) in [6.07, 6.45) is 3.67. The smallest absolute Gasteiger partial charge is 0.0916 e. The summed E-state index contributed by atoms with van der Waals surface area (Å²) in [6, 6.07) is 15.8. The van der Waals surface area contributed by atoms with Gasteiger partial charge in [-0.1, -0.05) is 74.0 Å². The fraction of sp³-hybridized carbons (Fsp3) is 0.300. The Morgan fingerprint density at radius 2 is 1.39 bits per heavy atom. The van der Waals surface area contributed by atoms with Crippen LogP contribution in [-0.4, -0.2) is 29.6 Å². The van der Waals surface area contributed by atoms with Gasteiger partial charge in [0.2, 0.25) is 0 Å². The van der Waals surface area contributed by atoms with E-state index < -0.39 is 6.10 Å². The fourth-order valence-electron chi connectivity index (χ4n) is 2.43. The van der Waals surface area contributed by atoms with Crippen molar-refractivity contribution in [1.82, 2.24) is 4.90 Å². The molecule has 2 nitrogen and oxygen atoms in total. The Kier molecular flexibility index (Phi) is 6.85. The van der Waals surface area contributed by atoms with E-state index in [-0.39, 0.29) is 0 Å². The first-order chi connectivity index (χ1) is 11.1. The highest BCUT2D eigenvalue weighted by atomic mass is 35.5. The van der Waals surface area contributed by atoms with E-state index in [0.29, 0.717) is 6.54 Å². The fourth-order valence-corrected chi connectivity index (χ4v) is 2.55. The zero-order valence-corrected chi connectivity index (χ0v) is 14.5. The van der Waals surface area contributed by atoms with E-state index in [9.17, 15) is 5.11 Å². The van der Waals surface area contributed by atoms with Crippen LogP contribution in [0.25, 0.3) is 12.2 Å². The highest BCUT2D eigenvalue weighted by Crippen LogP contribution is 2.17. The molecule has 23 heavy (non-hydrogen) atoms. The molecule has 0 heterocycles. The Bertz CT molecular complexity index is 615. The number of benzene rings is 2.